The molecule has 9 heterocycles. The minimum atomic E-state index is 0.666. The molecule has 0 fully saturated rings. The average Bonchev–Trinajstić information content (AvgIpc) is 1.54. The van der Waals surface area contributed by atoms with Crippen molar-refractivity contribution >= 4 is 185 Å². The highest BCUT2D eigenvalue weighted by atomic mass is 16.3. The SMILES string of the molecule is c1ccc(-c2cc(-c3ccccc3)nc(-c3cc4oc5cc(-n6c7ccccc7c7ccccc76)ccc5c4c4ccccc34)n2)cc1.c1ccc(-c2ccc(-c3nc(-c4cc5oc6cc(-n7c8ccccc8c8ccccc87)ccc6c5c5ccccc45)nc4ccccc34)cc2)cc1.c1ccc(-c2nc(-c3cc4oc5cc(-n6c7ccccc7c7ccccc76)ccc5c4c4ccccc34)nc3ccccc23)cc1. The van der Waals surface area contributed by atoms with Crippen molar-refractivity contribution in [1.82, 2.24) is 43.6 Å². The Morgan fingerprint density at radius 1 is 0.151 bits per heavy atom. The van der Waals surface area contributed by atoms with Crippen LogP contribution in [0.15, 0.2) is 505 Å². The molecule has 12 heteroatoms. The number of hydrogen-bond donors (Lipinski definition) is 0. The Labute approximate surface area is 835 Å². The number of rotatable bonds is 11. The maximum absolute atomic E-state index is 6.77. The molecule has 31 rings (SSSR count). The van der Waals surface area contributed by atoms with E-state index in [2.05, 4.69) is 438 Å². The van der Waals surface area contributed by atoms with Crippen molar-refractivity contribution in [2.75, 3.05) is 0 Å². The van der Waals surface area contributed by atoms with Crippen LogP contribution in [0.1, 0.15) is 0 Å². The molecule has 0 aliphatic heterocycles. The van der Waals surface area contributed by atoms with Gasteiger partial charge in [0.25, 0.3) is 0 Å². The molecule has 22 aromatic carbocycles. The minimum absolute atomic E-state index is 0.666. The van der Waals surface area contributed by atoms with Gasteiger partial charge < -0.3 is 27.0 Å². The average molecular weight is 1870 g/mol. The smallest absolute Gasteiger partial charge is 0.161 e. The molecule has 0 atom stereocenters. The molecule has 0 unspecified atom stereocenters. The van der Waals surface area contributed by atoms with Crippen LogP contribution in [0, 0.1) is 0 Å². The molecular formula is C134H81N9O3. The van der Waals surface area contributed by atoms with Gasteiger partial charge in [0, 0.05) is 150 Å². The minimum Gasteiger partial charge on any atom is -0.456 e. The van der Waals surface area contributed by atoms with E-state index < -0.39 is 0 Å². The van der Waals surface area contributed by atoms with Crippen molar-refractivity contribution in [2.45, 2.75) is 0 Å². The zero-order valence-corrected chi connectivity index (χ0v) is 78.5. The molecular weight excluding hydrogens is 1780 g/mol. The van der Waals surface area contributed by atoms with E-state index >= 15 is 0 Å². The number of para-hydroxylation sites is 8. The van der Waals surface area contributed by atoms with Crippen LogP contribution >= 0.6 is 0 Å². The molecule has 0 amide bonds. The predicted molar refractivity (Wildman–Crippen MR) is 602 cm³/mol. The van der Waals surface area contributed by atoms with Gasteiger partial charge in [0.2, 0.25) is 0 Å². The fourth-order valence-electron chi connectivity index (χ4n) is 22.4. The predicted octanol–water partition coefficient (Wildman–Crippen LogP) is 35.5. The van der Waals surface area contributed by atoms with Gasteiger partial charge in [-0.15, -0.1) is 0 Å². The molecule has 0 saturated heterocycles. The molecule has 680 valence electrons. The van der Waals surface area contributed by atoms with Gasteiger partial charge in [-0.05, 0) is 153 Å². The molecule has 0 N–H and O–H groups in total. The summed E-state index contributed by atoms with van der Waals surface area (Å²) in [7, 11) is 0. The third-order valence-electron chi connectivity index (χ3n) is 29.0. The first-order valence-electron chi connectivity index (χ1n) is 49.3. The van der Waals surface area contributed by atoms with Crippen molar-refractivity contribution in [1.29, 1.82) is 0 Å². The maximum atomic E-state index is 6.77. The number of furan rings is 3. The lowest BCUT2D eigenvalue weighted by molar-refractivity contribution is 0.668. The first kappa shape index (κ1) is 83.2. The van der Waals surface area contributed by atoms with Crippen LogP contribution < -0.4 is 0 Å². The van der Waals surface area contributed by atoms with Gasteiger partial charge in [-0.2, -0.15) is 0 Å². The van der Waals surface area contributed by atoms with Crippen LogP contribution in [-0.2, 0) is 0 Å². The van der Waals surface area contributed by atoms with Gasteiger partial charge in [-0.25, -0.2) is 29.9 Å². The largest absolute Gasteiger partial charge is 0.456 e. The van der Waals surface area contributed by atoms with Crippen LogP contribution in [0.3, 0.4) is 0 Å². The first-order chi connectivity index (χ1) is 72.4. The summed E-state index contributed by atoms with van der Waals surface area (Å²) in [4.78, 5) is 31.1. The van der Waals surface area contributed by atoms with Crippen LogP contribution in [0.2, 0.25) is 0 Å². The van der Waals surface area contributed by atoms with E-state index in [4.69, 9.17) is 43.2 Å². The molecule has 12 nitrogen and oxygen atoms in total. The van der Waals surface area contributed by atoms with Crippen molar-refractivity contribution in [2.24, 2.45) is 0 Å². The fourth-order valence-corrected chi connectivity index (χ4v) is 22.4. The maximum Gasteiger partial charge on any atom is 0.161 e. The number of nitrogens with zero attached hydrogens (tertiary/aromatic N) is 9. The van der Waals surface area contributed by atoms with Crippen molar-refractivity contribution < 1.29 is 13.3 Å². The molecule has 146 heavy (non-hydrogen) atoms. The van der Waals surface area contributed by atoms with E-state index in [-0.39, 0.29) is 0 Å². The van der Waals surface area contributed by atoms with Gasteiger partial charge in [0.1, 0.15) is 33.5 Å². The summed E-state index contributed by atoms with van der Waals surface area (Å²) in [6.07, 6.45) is 0. The molecule has 0 aliphatic rings. The van der Waals surface area contributed by atoms with E-state index in [0.29, 0.717) is 17.5 Å². The quantitative estimate of drug-likeness (QED) is 0.124. The lowest BCUT2D eigenvalue weighted by atomic mass is 9.97. The fraction of sp³-hybridized carbons (Fsp3) is 0. The second-order valence-corrected chi connectivity index (χ2v) is 37.3. The van der Waals surface area contributed by atoms with Crippen molar-refractivity contribution in [3.05, 3.63) is 491 Å². The van der Waals surface area contributed by atoms with Gasteiger partial charge in [0.15, 0.2) is 17.5 Å². The monoisotopic (exact) mass is 1860 g/mol. The van der Waals surface area contributed by atoms with Gasteiger partial charge in [-0.3, -0.25) is 0 Å². The van der Waals surface area contributed by atoms with Gasteiger partial charge in [0.05, 0.1) is 66.9 Å². The summed E-state index contributed by atoms with van der Waals surface area (Å²) in [5, 5.41) is 22.7. The second kappa shape index (κ2) is 34.0. The van der Waals surface area contributed by atoms with Gasteiger partial charge in [-0.1, -0.05) is 364 Å². The van der Waals surface area contributed by atoms with Crippen molar-refractivity contribution in [3.8, 4) is 107 Å². The molecule has 0 spiro atoms. The highest BCUT2D eigenvalue weighted by Crippen LogP contribution is 2.49. The summed E-state index contributed by atoms with van der Waals surface area (Å²) in [5.41, 5.74) is 30.0. The van der Waals surface area contributed by atoms with E-state index in [0.717, 1.165) is 199 Å². The summed E-state index contributed by atoms with van der Waals surface area (Å²) in [6.45, 7) is 0. The number of fused-ring (bicyclic) bond motifs is 26. The molecule has 0 bridgehead atoms. The lowest BCUT2D eigenvalue weighted by Crippen LogP contribution is -1.96. The van der Waals surface area contributed by atoms with E-state index in [1.54, 1.807) is 0 Å². The number of aromatic nitrogens is 9. The van der Waals surface area contributed by atoms with E-state index in [1.807, 2.05) is 66.7 Å². The highest BCUT2D eigenvalue weighted by Gasteiger charge is 2.27. The second-order valence-electron chi connectivity index (χ2n) is 37.3. The Kier molecular flexibility index (Phi) is 19.4. The normalized spacial score (nSPS) is 11.8. The Morgan fingerprint density at radius 3 is 0.712 bits per heavy atom. The Bertz CT molecular complexity index is 10500. The molecule has 0 radical (unpaired) electrons. The standard InChI is InChI=1S/C48H29N3O.C44H27N3O.C42H25N3O/c1-2-12-30(13-3-1)31-22-24-32(25-23-31)47-38-18-6-9-19-41(38)49-48(50-47)40-29-45-46(37-17-5-4-14-34(37)40)39-27-26-33(28-44(39)52-45)51-42-20-10-7-15-35(42)36-16-8-11-21-43(36)51;1-3-13-28(14-4-1)37-27-38(29-15-5-2-6-16-29)46-44(45-37)36-26-42-43(34-20-8-7-17-31(34)36)35-24-23-30(25-41(35)48-42)47-39-21-11-9-18-32(39)33-19-10-12-22-40(33)47;1-2-12-26(13-3-1)41-32-18-6-9-19-35(32)43-42(44-41)34-25-39-40(31-17-5-4-14-28(31)34)33-23-22-27(24-38(33)46-39)45-36-20-10-7-15-29(36)30-16-8-11-21-37(30)45/h1-29H;1-27H;1-25H. The molecule has 9 aromatic heterocycles. The van der Waals surface area contributed by atoms with Crippen LogP contribution in [0.25, 0.3) is 293 Å². The molecule has 0 saturated carbocycles. The number of hydrogen-bond acceptors (Lipinski definition) is 9. The lowest BCUT2D eigenvalue weighted by Gasteiger charge is -2.12. The Hall–Kier alpha value is -19.8. The van der Waals surface area contributed by atoms with Crippen molar-refractivity contribution in [3.63, 3.8) is 0 Å². The van der Waals surface area contributed by atoms with E-state index in [1.165, 1.54) is 76.5 Å². The van der Waals surface area contributed by atoms with Crippen LogP contribution in [0.4, 0.5) is 0 Å². The highest BCUT2D eigenvalue weighted by molar-refractivity contribution is 6.26. The zero-order valence-electron chi connectivity index (χ0n) is 78.5. The zero-order chi connectivity index (χ0) is 96.0. The third kappa shape index (κ3) is 13.8. The third-order valence-corrected chi connectivity index (χ3v) is 29.0. The topological polar surface area (TPSA) is 132 Å². The summed E-state index contributed by atoms with van der Waals surface area (Å²) in [6, 6.07) is 172. The molecule has 31 aromatic rings. The van der Waals surface area contributed by atoms with E-state index in [9.17, 15) is 0 Å². The van der Waals surface area contributed by atoms with Gasteiger partial charge >= 0.3 is 0 Å². The Balaban J connectivity index is 0.000000104. The molecule has 0 aliphatic carbocycles. The van der Waals surface area contributed by atoms with Crippen LogP contribution in [0.5, 0.6) is 0 Å². The first-order valence-corrected chi connectivity index (χ1v) is 49.3. The summed E-state index contributed by atoms with van der Waals surface area (Å²) >= 11 is 0. The Morgan fingerprint density at radius 2 is 0.390 bits per heavy atom. The summed E-state index contributed by atoms with van der Waals surface area (Å²) in [5.74, 6) is 2.02. The van der Waals surface area contributed by atoms with Crippen LogP contribution in [-0.4, -0.2) is 43.6 Å². The number of benzene rings is 22. The summed E-state index contributed by atoms with van der Waals surface area (Å²) < 4.78 is 27.2.